The third-order valence-electron chi connectivity index (χ3n) is 6.47. The second kappa shape index (κ2) is 17.3. The number of benzene rings is 1. The average molecular weight is 582 g/mol. The molecule has 4 atom stereocenters. The van der Waals surface area contributed by atoms with Crippen LogP contribution >= 0.6 is 0 Å². The third kappa shape index (κ3) is 12.7. The van der Waals surface area contributed by atoms with Gasteiger partial charge in [0, 0.05) is 0 Å². The molecule has 1 aliphatic carbocycles. The SMILES string of the molecule is CCC(C)OC(=O)Oc1ccc(C[C@H](N)C(=O)O[C@@H](C)COC(=O)OC2CCCCC2)cc1OC(=O)OC(C)CC. The van der Waals surface area contributed by atoms with Crippen LogP contribution in [0.4, 0.5) is 14.4 Å². The van der Waals surface area contributed by atoms with Crippen molar-refractivity contribution >= 4 is 24.4 Å². The Kier molecular flexibility index (Phi) is 14.2. The van der Waals surface area contributed by atoms with E-state index in [0.717, 1.165) is 32.1 Å². The molecule has 1 aromatic carbocycles. The zero-order chi connectivity index (χ0) is 30.4. The van der Waals surface area contributed by atoms with Crippen LogP contribution in [0.5, 0.6) is 11.5 Å². The molecule has 1 aromatic rings. The molecule has 1 aliphatic rings. The molecular formula is C29H43NO11. The van der Waals surface area contributed by atoms with Gasteiger partial charge in [0.1, 0.15) is 37.1 Å². The molecule has 0 bridgehead atoms. The molecular weight excluding hydrogens is 538 g/mol. The molecule has 12 heteroatoms. The highest BCUT2D eigenvalue weighted by atomic mass is 16.8. The van der Waals surface area contributed by atoms with Crippen molar-refractivity contribution in [3.63, 3.8) is 0 Å². The lowest BCUT2D eigenvalue weighted by Gasteiger charge is -2.22. The summed E-state index contributed by atoms with van der Waals surface area (Å²) in [5.74, 6) is -0.918. The van der Waals surface area contributed by atoms with Crippen molar-refractivity contribution in [3.8, 4) is 11.5 Å². The van der Waals surface area contributed by atoms with Crippen molar-refractivity contribution < 1.29 is 52.3 Å². The van der Waals surface area contributed by atoms with E-state index in [1.165, 1.54) is 12.1 Å². The molecule has 0 aliphatic heterocycles. The standard InChI is InChI=1S/C29H43NO11/c1-6-18(3)37-28(33)40-24-14-13-21(16-25(24)41-29(34)38-19(4)7-2)15-23(30)26(31)36-20(5)17-35-27(32)39-22-11-9-8-10-12-22/h13-14,16,18-20,22-23H,6-12,15,17,30H2,1-5H3/t18?,19?,20-,23-/m0/s1. The minimum Gasteiger partial charge on any atom is -0.458 e. The summed E-state index contributed by atoms with van der Waals surface area (Å²) in [6, 6.07) is 3.27. The van der Waals surface area contributed by atoms with E-state index in [2.05, 4.69) is 0 Å². The number of hydrogen-bond donors (Lipinski definition) is 1. The van der Waals surface area contributed by atoms with Crippen molar-refractivity contribution in [1.82, 2.24) is 0 Å². The van der Waals surface area contributed by atoms with Gasteiger partial charge in [-0.3, -0.25) is 4.79 Å². The van der Waals surface area contributed by atoms with Gasteiger partial charge in [-0.2, -0.15) is 0 Å². The van der Waals surface area contributed by atoms with Crippen LogP contribution in [0.25, 0.3) is 0 Å². The Morgan fingerprint density at radius 2 is 1.39 bits per heavy atom. The predicted octanol–water partition coefficient (Wildman–Crippen LogP) is 5.60. The fraction of sp³-hybridized carbons (Fsp3) is 0.655. The highest BCUT2D eigenvalue weighted by Crippen LogP contribution is 2.30. The van der Waals surface area contributed by atoms with E-state index >= 15 is 0 Å². The summed E-state index contributed by atoms with van der Waals surface area (Å²) in [6.07, 6.45) is 1.53. The molecule has 2 N–H and O–H groups in total. The molecule has 0 radical (unpaired) electrons. The van der Waals surface area contributed by atoms with Gasteiger partial charge in [0.05, 0.1) is 0 Å². The van der Waals surface area contributed by atoms with Crippen LogP contribution in [-0.4, -0.2) is 61.5 Å². The van der Waals surface area contributed by atoms with Crippen molar-refractivity contribution in [3.05, 3.63) is 23.8 Å². The van der Waals surface area contributed by atoms with E-state index in [4.69, 9.17) is 38.9 Å². The minimum absolute atomic E-state index is 0.00446. The first-order valence-corrected chi connectivity index (χ1v) is 14.2. The lowest BCUT2D eigenvalue weighted by atomic mass is 9.98. The molecule has 2 rings (SSSR count). The zero-order valence-corrected chi connectivity index (χ0v) is 24.6. The largest absolute Gasteiger partial charge is 0.514 e. The molecule has 41 heavy (non-hydrogen) atoms. The minimum atomic E-state index is -1.09. The van der Waals surface area contributed by atoms with Gasteiger partial charge in [-0.05, 0) is 83.4 Å². The van der Waals surface area contributed by atoms with Crippen LogP contribution in [0.15, 0.2) is 18.2 Å². The molecule has 0 heterocycles. The third-order valence-corrected chi connectivity index (χ3v) is 6.47. The topological polar surface area (TPSA) is 159 Å². The fourth-order valence-corrected chi connectivity index (χ4v) is 3.76. The molecule has 230 valence electrons. The van der Waals surface area contributed by atoms with Crippen LogP contribution in [0.2, 0.25) is 0 Å². The molecule has 2 unspecified atom stereocenters. The second-order valence-electron chi connectivity index (χ2n) is 10.2. The number of nitrogens with two attached hydrogens (primary N) is 1. The van der Waals surface area contributed by atoms with Gasteiger partial charge < -0.3 is 38.9 Å². The van der Waals surface area contributed by atoms with Gasteiger partial charge in [-0.25, -0.2) is 14.4 Å². The smallest absolute Gasteiger partial charge is 0.458 e. The fourth-order valence-electron chi connectivity index (χ4n) is 3.76. The van der Waals surface area contributed by atoms with Gasteiger partial charge in [0.15, 0.2) is 11.5 Å². The number of rotatable bonds is 13. The molecule has 0 saturated heterocycles. The number of hydrogen-bond acceptors (Lipinski definition) is 12. The van der Waals surface area contributed by atoms with E-state index in [0.29, 0.717) is 18.4 Å². The van der Waals surface area contributed by atoms with Gasteiger partial charge in [0.2, 0.25) is 0 Å². The molecule has 0 amide bonds. The Morgan fingerprint density at radius 1 is 0.805 bits per heavy atom. The average Bonchev–Trinajstić information content (AvgIpc) is 2.93. The predicted molar refractivity (Wildman–Crippen MR) is 147 cm³/mol. The first-order valence-electron chi connectivity index (χ1n) is 14.2. The Morgan fingerprint density at radius 3 is 1.98 bits per heavy atom. The Labute approximate surface area is 241 Å². The van der Waals surface area contributed by atoms with Gasteiger partial charge in [-0.1, -0.05) is 26.3 Å². The monoisotopic (exact) mass is 581 g/mol. The summed E-state index contributed by atoms with van der Waals surface area (Å²) in [6.45, 7) is 8.49. The highest BCUT2D eigenvalue weighted by Gasteiger charge is 2.24. The molecule has 1 saturated carbocycles. The van der Waals surface area contributed by atoms with Gasteiger partial charge >= 0.3 is 24.4 Å². The lowest BCUT2D eigenvalue weighted by molar-refractivity contribution is -0.152. The van der Waals surface area contributed by atoms with Crippen LogP contribution in [-0.2, 0) is 34.9 Å². The summed E-state index contributed by atoms with van der Waals surface area (Å²) in [4.78, 5) is 48.9. The van der Waals surface area contributed by atoms with Crippen LogP contribution in [0, 0.1) is 0 Å². The summed E-state index contributed by atoms with van der Waals surface area (Å²) < 4.78 is 36.5. The number of ether oxygens (including phenoxy) is 7. The highest BCUT2D eigenvalue weighted by molar-refractivity contribution is 5.76. The molecule has 12 nitrogen and oxygen atoms in total. The Balaban J connectivity index is 1.97. The van der Waals surface area contributed by atoms with E-state index in [1.807, 2.05) is 13.8 Å². The van der Waals surface area contributed by atoms with Crippen LogP contribution in [0.1, 0.15) is 85.1 Å². The first kappa shape index (κ1) is 33.7. The summed E-state index contributed by atoms with van der Waals surface area (Å²) in [5, 5.41) is 0. The van der Waals surface area contributed by atoms with Crippen molar-refractivity contribution in [2.75, 3.05) is 6.61 Å². The maximum Gasteiger partial charge on any atom is 0.514 e. The van der Waals surface area contributed by atoms with Crippen molar-refractivity contribution in [2.45, 2.75) is 116 Å². The Bertz CT molecular complexity index is 1010. The van der Waals surface area contributed by atoms with E-state index in [9.17, 15) is 19.2 Å². The first-order chi connectivity index (χ1) is 19.5. The zero-order valence-electron chi connectivity index (χ0n) is 24.6. The Hall–Kier alpha value is -3.54. The van der Waals surface area contributed by atoms with E-state index in [-0.39, 0.29) is 36.7 Å². The number of esters is 1. The van der Waals surface area contributed by atoms with Crippen LogP contribution in [0.3, 0.4) is 0 Å². The van der Waals surface area contributed by atoms with E-state index in [1.54, 1.807) is 26.8 Å². The number of carbonyl (C=O) groups is 4. The number of carbonyl (C=O) groups excluding carboxylic acids is 4. The quantitative estimate of drug-likeness (QED) is 0.175. The second-order valence-corrected chi connectivity index (χ2v) is 10.2. The molecule has 1 fully saturated rings. The molecule has 0 aromatic heterocycles. The molecule has 0 spiro atoms. The summed E-state index contributed by atoms with van der Waals surface area (Å²) in [7, 11) is 0. The van der Waals surface area contributed by atoms with E-state index < -0.39 is 42.7 Å². The van der Waals surface area contributed by atoms with Gasteiger partial charge in [-0.15, -0.1) is 0 Å². The van der Waals surface area contributed by atoms with Crippen molar-refractivity contribution in [1.29, 1.82) is 0 Å². The van der Waals surface area contributed by atoms with Gasteiger partial charge in [0.25, 0.3) is 0 Å². The van der Waals surface area contributed by atoms with Crippen molar-refractivity contribution in [2.24, 2.45) is 5.73 Å². The summed E-state index contributed by atoms with van der Waals surface area (Å²) >= 11 is 0. The maximum atomic E-state index is 12.6. The lowest BCUT2D eigenvalue weighted by Crippen LogP contribution is -2.37. The summed E-state index contributed by atoms with van der Waals surface area (Å²) in [5.41, 5.74) is 6.55. The maximum absolute atomic E-state index is 12.6. The normalized spacial score (nSPS) is 16.3. The van der Waals surface area contributed by atoms with Crippen LogP contribution < -0.4 is 15.2 Å².